The van der Waals surface area contributed by atoms with E-state index in [1.807, 2.05) is 0 Å². The molecule has 0 fully saturated rings. The normalized spacial score (nSPS) is 11.3. The molecule has 0 spiro atoms. The van der Waals surface area contributed by atoms with Crippen LogP contribution in [0.2, 0.25) is 0 Å². The van der Waals surface area contributed by atoms with Crippen molar-refractivity contribution in [2.75, 3.05) is 13.2 Å². The lowest BCUT2D eigenvalue weighted by molar-refractivity contribution is -0.135. The van der Waals surface area contributed by atoms with Crippen molar-refractivity contribution >= 4 is 0 Å². The summed E-state index contributed by atoms with van der Waals surface area (Å²) < 4.78 is 62.9. The second-order valence-electron chi connectivity index (χ2n) is 3.49. The molecule has 0 bridgehead atoms. The van der Waals surface area contributed by atoms with Crippen LogP contribution in [0.15, 0.2) is 6.07 Å². The third-order valence-corrected chi connectivity index (χ3v) is 2.28. The van der Waals surface area contributed by atoms with Gasteiger partial charge >= 0.3 is 0 Å². The molecule has 0 unspecified atom stereocenters. The van der Waals surface area contributed by atoms with Crippen LogP contribution in [-0.2, 0) is 15.9 Å². The fourth-order valence-electron chi connectivity index (χ4n) is 1.51. The Morgan fingerprint density at radius 2 is 1.39 bits per heavy atom. The van der Waals surface area contributed by atoms with E-state index in [4.69, 9.17) is 9.47 Å². The molecule has 2 nitrogen and oxygen atoms in total. The Balaban J connectivity index is 3.01. The molecule has 1 aromatic rings. The third-order valence-electron chi connectivity index (χ3n) is 2.28. The summed E-state index contributed by atoms with van der Waals surface area (Å²) in [5.74, 6) is -5.71. The second-order valence-corrected chi connectivity index (χ2v) is 3.49. The Labute approximate surface area is 103 Å². The van der Waals surface area contributed by atoms with Crippen molar-refractivity contribution in [1.82, 2.24) is 0 Å². The first kappa shape index (κ1) is 14.9. The lowest BCUT2D eigenvalue weighted by Crippen LogP contribution is -2.22. The Kier molecular flexibility index (Phi) is 5.55. The second kappa shape index (κ2) is 6.70. The molecule has 0 aliphatic carbocycles. The number of hydrogen-bond donors (Lipinski definition) is 0. The Morgan fingerprint density at radius 1 is 0.944 bits per heavy atom. The monoisotopic (exact) mass is 266 g/mol. The van der Waals surface area contributed by atoms with Crippen LogP contribution in [0, 0.1) is 23.3 Å². The molecule has 0 aliphatic heterocycles. The molecule has 6 heteroatoms. The Bertz CT molecular complexity index is 377. The average Bonchev–Trinajstić information content (AvgIpc) is 2.32. The van der Waals surface area contributed by atoms with E-state index >= 15 is 0 Å². The van der Waals surface area contributed by atoms with Gasteiger partial charge in [-0.15, -0.1) is 0 Å². The lowest BCUT2D eigenvalue weighted by atomic mass is 10.1. The quantitative estimate of drug-likeness (QED) is 0.447. The van der Waals surface area contributed by atoms with Gasteiger partial charge in [-0.3, -0.25) is 0 Å². The zero-order valence-electron chi connectivity index (χ0n) is 10.1. The molecule has 102 valence electrons. The highest BCUT2D eigenvalue weighted by atomic mass is 19.2. The fraction of sp³-hybridized carbons (Fsp3) is 0.500. The smallest absolute Gasteiger partial charge is 0.165 e. The summed E-state index contributed by atoms with van der Waals surface area (Å²) in [4.78, 5) is 0. The summed E-state index contributed by atoms with van der Waals surface area (Å²) in [5, 5.41) is 0. The predicted molar refractivity (Wildman–Crippen MR) is 57.0 cm³/mol. The van der Waals surface area contributed by atoms with Crippen molar-refractivity contribution in [3.63, 3.8) is 0 Å². The van der Waals surface area contributed by atoms with E-state index < -0.39 is 41.5 Å². The van der Waals surface area contributed by atoms with Gasteiger partial charge in [-0.1, -0.05) is 0 Å². The molecule has 18 heavy (non-hydrogen) atoms. The predicted octanol–water partition coefficient (Wildman–Crippen LogP) is 3.18. The maximum atomic E-state index is 13.4. The number of benzene rings is 1. The zero-order valence-corrected chi connectivity index (χ0v) is 10.1. The van der Waals surface area contributed by atoms with Crippen molar-refractivity contribution in [3.8, 4) is 0 Å². The van der Waals surface area contributed by atoms with Crippen molar-refractivity contribution < 1.29 is 27.0 Å². The minimum absolute atomic E-state index is 0.171. The van der Waals surface area contributed by atoms with Crippen molar-refractivity contribution in [1.29, 1.82) is 0 Å². The van der Waals surface area contributed by atoms with Crippen LogP contribution in [0.1, 0.15) is 19.4 Å². The van der Waals surface area contributed by atoms with Crippen molar-refractivity contribution in [3.05, 3.63) is 34.9 Å². The SMILES string of the molecule is CCOC(Cc1c(F)c(F)cc(F)c1F)OCC. The van der Waals surface area contributed by atoms with Gasteiger partial charge in [0.1, 0.15) is 0 Å². The minimum Gasteiger partial charge on any atom is -0.353 e. The highest BCUT2D eigenvalue weighted by molar-refractivity contribution is 5.23. The van der Waals surface area contributed by atoms with Gasteiger partial charge in [0.15, 0.2) is 29.6 Å². The molecular formula is C12H14F4O2. The Morgan fingerprint density at radius 3 is 1.78 bits per heavy atom. The van der Waals surface area contributed by atoms with E-state index in [9.17, 15) is 17.6 Å². The van der Waals surface area contributed by atoms with E-state index in [0.717, 1.165) is 0 Å². The molecule has 0 heterocycles. The molecule has 0 N–H and O–H groups in total. The summed E-state index contributed by atoms with van der Waals surface area (Å²) in [6.45, 7) is 3.85. The molecule has 0 aliphatic rings. The first-order valence-electron chi connectivity index (χ1n) is 5.56. The van der Waals surface area contributed by atoms with Gasteiger partial charge in [0, 0.05) is 31.3 Å². The van der Waals surface area contributed by atoms with E-state index in [1.165, 1.54) is 0 Å². The number of ether oxygens (including phenoxy) is 2. The van der Waals surface area contributed by atoms with Crippen molar-refractivity contribution in [2.24, 2.45) is 0 Å². The van der Waals surface area contributed by atoms with Crippen LogP contribution in [-0.4, -0.2) is 19.5 Å². The summed E-state index contributed by atoms with van der Waals surface area (Å²) in [6.07, 6.45) is -1.33. The van der Waals surface area contributed by atoms with Gasteiger partial charge in [0.05, 0.1) is 0 Å². The summed E-state index contributed by atoms with van der Waals surface area (Å²) in [6, 6.07) is 0.171. The van der Waals surface area contributed by atoms with E-state index in [-0.39, 0.29) is 19.3 Å². The molecule has 0 radical (unpaired) electrons. The minimum atomic E-state index is -1.43. The molecule has 0 saturated heterocycles. The topological polar surface area (TPSA) is 18.5 Å². The van der Waals surface area contributed by atoms with Gasteiger partial charge in [0.25, 0.3) is 0 Å². The van der Waals surface area contributed by atoms with E-state index in [2.05, 4.69) is 0 Å². The Hall–Kier alpha value is -1.14. The van der Waals surface area contributed by atoms with Gasteiger partial charge in [-0.25, -0.2) is 17.6 Å². The summed E-state index contributed by atoms with van der Waals surface area (Å²) in [7, 11) is 0. The van der Waals surface area contributed by atoms with Gasteiger partial charge in [0.2, 0.25) is 0 Å². The standard InChI is InChI=1S/C12H14F4O2/c1-3-17-10(18-4-2)5-7-11(15)8(13)6-9(14)12(7)16/h6,10H,3-5H2,1-2H3. The molecular weight excluding hydrogens is 252 g/mol. The molecule has 1 rings (SSSR count). The zero-order chi connectivity index (χ0) is 13.7. The van der Waals surface area contributed by atoms with Crippen LogP contribution in [0.4, 0.5) is 17.6 Å². The number of rotatable bonds is 6. The first-order chi connectivity index (χ1) is 8.51. The number of halogens is 4. The maximum absolute atomic E-state index is 13.4. The lowest BCUT2D eigenvalue weighted by Gasteiger charge is -2.17. The van der Waals surface area contributed by atoms with Crippen LogP contribution in [0.3, 0.4) is 0 Å². The fourth-order valence-corrected chi connectivity index (χ4v) is 1.51. The average molecular weight is 266 g/mol. The maximum Gasteiger partial charge on any atom is 0.165 e. The largest absolute Gasteiger partial charge is 0.353 e. The number of hydrogen-bond acceptors (Lipinski definition) is 2. The summed E-state index contributed by atoms with van der Waals surface area (Å²) in [5.41, 5.74) is -0.709. The first-order valence-corrected chi connectivity index (χ1v) is 5.56. The van der Waals surface area contributed by atoms with Crippen LogP contribution in [0.25, 0.3) is 0 Å². The van der Waals surface area contributed by atoms with E-state index in [0.29, 0.717) is 0 Å². The molecule has 1 aromatic carbocycles. The van der Waals surface area contributed by atoms with Crippen LogP contribution < -0.4 is 0 Å². The van der Waals surface area contributed by atoms with Gasteiger partial charge in [-0.2, -0.15) is 0 Å². The molecule has 0 atom stereocenters. The molecule has 0 saturated carbocycles. The highest BCUT2D eigenvalue weighted by Gasteiger charge is 2.22. The van der Waals surface area contributed by atoms with Gasteiger partial charge < -0.3 is 9.47 Å². The van der Waals surface area contributed by atoms with Crippen LogP contribution >= 0.6 is 0 Å². The van der Waals surface area contributed by atoms with Crippen molar-refractivity contribution in [2.45, 2.75) is 26.6 Å². The highest BCUT2D eigenvalue weighted by Crippen LogP contribution is 2.21. The van der Waals surface area contributed by atoms with Crippen LogP contribution in [0.5, 0.6) is 0 Å². The summed E-state index contributed by atoms with van der Waals surface area (Å²) >= 11 is 0. The van der Waals surface area contributed by atoms with E-state index in [1.54, 1.807) is 13.8 Å². The molecule has 0 amide bonds. The molecule has 0 aromatic heterocycles. The van der Waals surface area contributed by atoms with Gasteiger partial charge in [-0.05, 0) is 13.8 Å². The third kappa shape index (κ3) is 3.43.